The first-order valence-corrected chi connectivity index (χ1v) is 8.02. The van der Waals surface area contributed by atoms with Gasteiger partial charge in [0.05, 0.1) is 10.6 Å². The number of ether oxygens (including phenoxy) is 1. The Bertz CT molecular complexity index is 752. The average Bonchev–Trinajstić information content (AvgIpc) is 2.36. The SMILES string of the molecule is Cc1cccc(Oc2cccc(S(C)(=O)=O)c2N)c1C. The molecule has 0 atom stereocenters. The molecule has 0 aliphatic heterocycles. The summed E-state index contributed by atoms with van der Waals surface area (Å²) in [6.07, 6.45) is 1.13. The van der Waals surface area contributed by atoms with Gasteiger partial charge in [-0.15, -0.1) is 0 Å². The zero-order valence-corrected chi connectivity index (χ0v) is 12.5. The second-order valence-electron chi connectivity index (χ2n) is 4.74. The van der Waals surface area contributed by atoms with Crippen molar-refractivity contribution < 1.29 is 13.2 Å². The molecular formula is C15H17NO3S. The first-order chi connectivity index (χ1) is 9.30. The Hall–Kier alpha value is -2.01. The third-order valence-electron chi connectivity index (χ3n) is 3.20. The molecule has 0 aromatic heterocycles. The van der Waals surface area contributed by atoms with Crippen LogP contribution >= 0.6 is 0 Å². The van der Waals surface area contributed by atoms with Gasteiger partial charge in [0.2, 0.25) is 0 Å². The van der Waals surface area contributed by atoms with Crippen LogP contribution < -0.4 is 10.5 Å². The number of nitrogens with two attached hydrogens (primary N) is 1. The highest BCUT2D eigenvalue weighted by Crippen LogP contribution is 2.34. The number of hydrogen-bond acceptors (Lipinski definition) is 4. The van der Waals surface area contributed by atoms with Crippen molar-refractivity contribution in [1.29, 1.82) is 0 Å². The summed E-state index contributed by atoms with van der Waals surface area (Å²) in [5.41, 5.74) is 8.13. The van der Waals surface area contributed by atoms with Gasteiger partial charge in [0.1, 0.15) is 5.75 Å². The fourth-order valence-electron chi connectivity index (χ4n) is 1.89. The van der Waals surface area contributed by atoms with Crippen molar-refractivity contribution in [3.05, 3.63) is 47.5 Å². The first-order valence-electron chi connectivity index (χ1n) is 6.13. The Labute approximate surface area is 119 Å². The van der Waals surface area contributed by atoms with E-state index in [1.807, 2.05) is 32.0 Å². The molecule has 0 aliphatic carbocycles. The summed E-state index contributed by atoms with van der Waals surface area (Å²) in [5, 5.41) is 0. The van der Waals surface area contributed by atoms with E-state index in [9.17, 15) is 8.42 Å². The summed E-state index contributed by atoms with van der Waals surface area (Å²) >= 11 is 0. The molecular weight excluding hydrogens is 274 g/mol. The molecule has 0 saturated heterocycles. The van der Waals surface area contributed by atoms with Crippen LogP contribution in [0.15, 0.2) is 41.3 Å². The van der Waals surface area contributed by atoms with Crippen LogP contribution in [0.3, 0.4) is 0 Å². The fraction of sp³-hybridized carbons (Fsp3) is 0.200. The molecule has 0 unspecified atom stereocenters. The van der Waals surface area contributed by atoms with Gasteiger partial charge in [0.25, 0.3) is 0 Å². The van der Waals surface area contributed by atoms with Crippen LogP contribution in [0, 0.1) is 13.8 Å². The molecule has 106 valence electrons. The first kappa shape index (κ1) is 14.4. The maximum Gasteiger partial charge on any atom is 0.177 e. The van der Waals surface area contributed by atoms with Gasteiger partial charge in [0.15, 0.2) is 15.6 Å². The number of aryl methyl sites for hydroxylation is 1. The van der Waals surface area contributed by atoms with Crippen LogP contribution in [0.2, 0.25) is 0 Å². The number of anilines is 1. The Balaban J connectivity index is 2.48. The summed E-state index contributed by atoms with van der Waals surface area (Å²) in [4.78, 5) is 0.0836. The summed E-state index contributed by atoms with van der Waals surface area (Å²) in [6.45, 7) is 3.93. The zero-order valence-electron chi connectivity index (χ0n) is 11.7. The number of sulfone groups is 1. The summed E-state index contributed by atoms with van der Waals surface area (Å²) < 4.78 is 29.1. The second kappa shape index (κ2) is 5.17. The molecule has 0 bridgehead atoms. The number of nitrogen functional groups attached to an aromatic ring is 1. The monoisotopic (exact) mass is 291 g/mol. The Kier molecular flexibility index (Phi) is 3.72. The summed E-state index contributed by atoms with van der Waals surface area (Å²) in [6, 6.07) is 10.4. The fourth-order valence-corrected chi connectivity index (χ4v) is 2.72. The van der Waals surface area contributed by atoms with Gasteiger partial charge in [-0.25, -0.2) is 8.42 Å². The lowest BCUT2D eigenvalue weighted by molar-refractivity contribution is 0.479. The van der Waals surface area contributed by atoms with Gasteiger partial charge in [-0.1, -0.05) is 18.2 Å². The Morgan fingerprint density at radius 2 is 1.60 bits per heavy atom. The van der Waals surface area contributed by atoms with Crippen molar-refractivity contribution in [2.75, 3.05) is 12.0 Å². The van der Waals surface area contributed by atoms with E-state index in [-0.39, 0.29) is 10.6 Å². The molecule has 2 rings (SSSR count). The van der Waals surface area contributed by atoms with E-state index in [4.69, 9.17) is 10.5 Å². The summed E-state index contributed by atoms with van der Waals surface area (Å²) in [5.74, 6) is 1.02. The van der Waals surface area contributed by atoms with Crippen LogP contribution in [-0.4, -0.2) is 14.7 Å². The van der Waals surface area contributed by atoms with Gasteiger partial charge < -0.3 is 10.5 Å². The smallest absolute Gasteiger partial charge is 0.177 e. The van der Waals surface area contributed by atoms with E-state index in [1.54, 1.807) is 12.1 Å². The highest BCUT2D eigenvalue weighted by molar-refractivity contribution is 7.90. The van der Waals surface area contributed by atoms with Crippen molar-refractivity contribution in [1.82, 2.24) is 0 Å². The minimum Gasteiger partial charge on any atom is -0.455 e. The van der Waals surface area contributed by atoms with Crippen molar-refractivity contribution in [2.24, 2.45) is 0 Å². The number of rotatable bonds is 3. The quantitative estimate of drug-likeness (QED) is 0.882. The molecule has 20 heavy (non-hydrogen) atoms. The molecule has 2 aromatic rings. The lowest BCUT2D eigenvalue weighted by atomic mass is 10.1. The molecule has 0 radical (unpaired) electrons. The number of hydrogen-bond donors (Lipinski definition) is 1. The van der Waals surface area contributed by atoms with Crippen molar-refractivity contribution in [2.45, 2.75) is 18.7 Å². The molecule has 0 aliphatic rings. The Morgan fingerprint density at radius 3 is 2.25 bits per heavy atom. The minimum atomic E-state index is -3.37. The third-order valence-corrected chi connectivity index (χ3v) is 4.36. The number of para-hydroxylation sites is 1. The van der Waals surface area contributed by atoms with E-state index in [0.29, 0.717) is 11.5 Å². The van der Waals surface area contributed by atoms with Crippen LogP contribution in [0.5, 0.6) is 11.5 Å². The number of benzene rings is 2. The predicted octanol–water partition coefficient (Wildman–Crippen LogP) is 3.08. The van der Waals surface area contributed by atoms with Crippen LogP contribution in [0.1, 0.15) is 11.1 Å². The highest BCUT2D eigenvalue weighted by atomic mass is 32.2. The van der Waals surface area contributed by atoms with E-state index in [0.717, 1.165) is 17.4 Å². The van der Waals surface area contributed by atoms with Gasteiger partial charge in [0, 0.05) is 6.26 Å². The second-order valence-corrected chi connectivity index (χ2v) is 6.72. The van der Waals surface area contributed by atoms with Crippen molar-refractivity contribution in [3.8, 4) is 11.5 Å². The molecule has 0 heterocycles. The lowest BCUT2D eigenvalue weighted by Gasteiger charge is -2.13. The molecule has 5 heteroatoms. The molecule has 2 N–H and O–H groups in total. The topological polar surface area (TPSA) is 69.4 Å². The average molecular weight is 291 g/mol. The molecule has 0 amide bonds. The van der Waals surface area contributed by atoms with Gasteiger partial charge >= 0.3 is 0 Å². The van der Waals surface area contributed by atoms with Gasteiger partial charge in [-0.3, -0.25) is 0 Å². The van der Waals surface area contributed by atoms with Crippen molar-refractivity contribution >= 4 is 15.5 Å². The molecule has 2 aromatic carbocycles. The van der Waals surface area contributed by atoms with Crippen molar-refractivity contribution in [3.63, 3.8) is 0 Å². The maximum absolute atomic E-state index is 11.6. The standard InChI is InChI=1S/C15H17NO3S/c1-10-6-4-7-12(11(10)2)19-13-8-5-9-14(15(13)16)20(3,17)18/h4-9H,16H2,1-3H3. The van der Waals surface area contributed by atoms with E-state index < -0.39 is 9.84 Å². The third kappa shape index (κ3) is 2.77. The zero-order chi connectivity index (χ0) is 14.9. The largest absolute Gasteiger partial charge is 0.455 e. The maximum atomic E-state index is 11.6. The summed E-state index contributed by atoms with van der Waals surface area (Å²) in [7, 11) is -3.37. The van der Waals surface area contributed by atoms with Crippen LogP contribution in [0.4, 0.5) is 5.69 Å². The normalized spacial score (nSPS) is 11.3. The van der Waals surface area contributed by atoms with Gasteiger partial charge in [-0.2, -0.15) is 0 Å². The molecule has 4 nitrogen and oxygen atoms in total. The minimum absolute atomic E-state index is 0.0836. The van der Waals surface area contributed by atoms with E-state index in [2.05, 4.69) is 0 Å². The molecule has 0 spiro atoms. The van der Waals surface area contributed by atoms with E-state index >= 15 is 0 Å². The van der Waals surface area contributed by atoms with Gasteiger partial charge in [-0.05, 0) is 43.2 Å². The van der Waals surface area contributed by atoms with Crippen LogP contribution in [-0.2, 0) is 9.84 Å². The highest BCUT2D eigenvalue weighted by Gasteiger charge is 2.15. The van der Waals surface area contributed by atoms with Crippen LogP contribution in [0.25, 0.3) is 0 Å². The lowest BCUT2D eigenvalue weighted by Crippen LogP contribution is -2.04. The predicted molar refractivity (Wildman–Crippen MR) is 80.0 cm³/mol. The Morgan fingerprint density at radius 1 is 1.00 bits per heavy atom. The molecule has 0 saturated carbocycles. The van der Waals surface area contributed by atoms with E-state index in [1.165, 1.54) is 6.07 Å². The molecule has 0 fully saturated rings.